The van der Waals surface area contributed by atoms with Crippen molar-refractivity contribution in [2.45, 2.75) is 45.8 Å². The van der Waals surface area contributed by atoms with E-state index >= 15 is 0 Å². The van der Waals surface area contributed by atoms with Crippen LogP contribution in [0.15, 0.2) is 18.2 Å². The van der Waals surface area contributed by atoms with Crippen LogP contribution in [-0.2, 0) is 11.0 Å². The average Bonchev–Trinajstić information content (AvgIpc) is 2.39. The summed E-state index contributed by atoms with van der Waals surface area (Å²) in [5.74, 6) is -0.224. The molecule has 0 aromatic heterocycles. The average molecular weight is 302 g/mol. The third-order valence-electron chi connectivity index (χ3n) is 3.15. The zero-order valence-corrected chi connectivity index (χ0v) is 12.5. The topological polar surface area (TPSA) is 41.1 Å². The number of carbonyl (C=O) groups is 1. The van der Waals surface area contributed by atoms with Crippen molar-refractivity contribution in [1.82, 2.24) is 5.32 Å². The van der Waals surface area contributed by atoms with Gasteiger partial charge in [-0.1, -0.05) is 19.4 Å². The van der Waals surface area contributed by atoms with Crippen LogP contribution in [0.2, 0.25) is 0 Å². The minimum Gasteiger partial charge on any atom is -0.374 e. The highest BCUT2D eigenvalue weighted by Gasteiger charge is 2.32. The summed E-state index contributed by atoms with van der Waals surface area (Å²) in [6, 6.07) is 3.38. The van der Waals surface area contributed by atoms with Gasteiger partial charge in [-0.05, 0) is 38.0 Å². The van der Waals surface area contributed by atoms with E-state index in [1.807, 2.05) is 6.92 Å². The van der Waals surface area contributed by atoms with Crippen molar-refractivity contribution < 1.29 is 18.0 Å². The molecule has 0 fully saturated rings. The van der Waals surface area contributed by atoms with Gasteiger partial charge in [-0.3, -0.25) is 4.79 Å². The Bertz CT molecular complexity index is 486. The first-order chi connectivity index (χ1) is 9.75. The van der Waals surface area contributed by atoms with E-state index in [1.54, 1.807) is 13.0 Å². The van der Waals surface area contributed by atoms with Gasteiger partial charge < -0.3 is 10.6 Å². The van der Waals surface area contributed by atoms with Crippen molar-refractivity contribution in [2.75, 3.05) is 11.9 Å². The Hall–Kier alpha value is -1.72. The van der Waals surface area contributed by atoms with Gasteiger partial charge >= 0.3 is 6.18 Å². The highest BCUT2D eigenvalue weighted by atomic mass is 19.4. The van der Waals surface area contributed by atoms with Crippen LogP contribution in [0.4, 0.5) is 18.9 Å². The molecule has 6 heteroatoms. The predicted octanol–water partition coefficient (Wildman–Crippen LogP) is 3.73. The van der Waals surface area contributed by atoms with E-state index in [0.29, 0.717) is 6.54 Å². The van der Waals surface area contributed by atoms with Crippen LogP contribution in [0.3, 0.4) is 0 Å². The maximum absolute atomic E-state index is 12.8. The predicted molar refractivity (Wildman–Crippen MR) is 77.2 cm³/mol. The van der Waals surface area contributed by atoms with E-state index in [4.69, 9.17) is 0 Å². The third kappa shape index (κ3) is 5.28. The van der Waals surface area contributed by atoms with Crippen molar-refractivity contribution in [3.63, 3.8) is 0 Å². The molecule has 2 N–H and O–H groups in total. The lowest BCUT2D eigenvalue weighted by Gasteiger charge is -2.17. The Labute approximate surface area is 122 Å². The number of hydrogen-bond donors (Lipinski definition) is 2. The fraction of sp³-hybridized carbons (Fsp3) is 0.533. The molecule has 1 amide bonds. The Morgan fingerprint density at radius 2 is 2.00 bits per heavy atom. The van der Waals surface area contributed by atoms with Gasteiger partial charge in [0.05, 0.1) is 5.56 Å². The number of benzene rings is 1. The molecule has 21 heavy (non-hydrogen) atoms. The van der Waals surface area contributed by atoms with Crippen LogP contribution in [-0.4, -0.2) is 18.5 Å². The Morgan fingerprint density at radius 1 is 1.33 bits per heavy atom. The van der Waals surface area contributed by atoms with E-state index in [9.17, 15) is 18.0 Å². The molecule has 1 aromatic carbocycles. The second kappa shape index (κ2) is 7.33. The maximum Gasteiger partial charge on any atom is 0.416 e. The van der Waals surface area contributed by atoms with E-state index in [0.717, 1.165) is 18.9 Å². The van der Waals surface area contributed by atoms with Crippen LogP contribution < -0.4 is 10.6 Å². The summed E-state index contributed by atoms with van der Waals surface area (Å²) >= 11 is 0. The molecule has 3 nitrogen and oxygen atoms in total. The molecule has 0 aliphatic rings. The molecular formula is C15H21F3N2O. The summed E-state index contributed by atoms with van der Waals surface area (Å²) in [4.78, 5) is 11.8. The van der Waals surface area contributed by atoms with Gasteiger partial charge in [0.25, 0.3) is 0 Å². The molecular weight excluding hydrogens is 281 g/mol. The van der Waals surface area contributed by atoms with Crippen LogP contribution in [0, 0.1) is 6.92 Å². The number of amides is 1. The first kappa shape index (κ1) is 17.3. The van der Waals surface area contributed by atoms with E-state index in [1.165, 1.54) is 13.0 Å². The van der Waals surface area contributed by atoms with Crippen molar-refractivity contribution in [3.8, 4) is 0 Å². The zero-order chi connectivity index (χ0) is 16.0. The molecule has 0 aliphatic heterocycles. The molecule has 1 rings (SSSR count). The van der Waals surface area contributed by atoms with Crippen molar-refractivity contribution in [2.24, 2.45) is 0 Å². The summed E-state index contributed by atoms with van der Waals surface area (Å²) in [6.07, 6.45) is -2.55. The molecule has 1 aromatic rings. The third-order valence-corrected chi connectivity index (χ3v) is 3.15. The van der Waals surface area contributed by atoms with Gasteiger partial charge in [-0.25, -0.2) is 0 Å². The SMILES string of the molecule is CCCCNC(=O)C(C)Nc1ccc(C)c(C(F)(F)F)c1. The number of halogens is 3. The molecule has 0 heterocycles. The van der Waals surface area contributed by atoms with Gasteiger partial charge in [-0.2, -0.15) is 13.2 Å². The number of anilines is 1. The van der Waals surface area contributed by atoms with Crippen molar-refractivity contribution in [3.05, 3.63) is 29.3 Å². The molecule has 1 atom stereocenters. The molecule has 0 radical (unpaired) electrons. The van der Waals surface area contributed by atoms with Gasteiger partial charge in [0.2, 0.25) is 5.91 Å². The Balaban J connectivity index is 2.72. The van der Waals surface area contributed by atoms with Gasteiger partial charge in [0.1, 0.15) is 6.04 Å². The summed E-state index contributed by atoms with van der Waals surface area (Å²) in [7, 11) is 0. The molecule has 0 saturated carbocycles. The second-order valence-corrected chi connectivity index (χ2v) is 5.04. The van der Waals surface area contributed by atoms with Crippen LogP contribution in [0.5, 0.6) is 0 Å². The van der Waals surface area contributed by atoms with Crippen molar-refractivity contribution in [1.29, 1.82) is 0 Å². The fourth-order valence-electron chi connectivity index (χ4n) is 1.87. The Morgan fingerprint density at radius 3 is 2.57 bits per heavy atom. The number of rotatable bonds is 6. The highest BCUT2D eigenvalue weighted by Crippen LogP contribution is 2.33. The maximum atomic E-state index is 12.8. The van der Waals surface area contributed by atoms with E-state index < -0.39 is 17.8 Å². The minimum absolute atomic E-state index is 0.160. The van der Waals surface area contributed by atoms with Gasteiger partial charge in [0.15, 0.2) is 0 Å². The number of alkyl halides is 3. The highest BCUT2D eigenvalue weighted by molar-refractivity contribution is 5.84. The summed E-state index contributed by atoms with van der Waals surface area (Å²) in [6.45, 7) is 5.61. The van der Waals surface area contributed by atoms with E-state index in [-0.39, 0.29) is 17.2 Å². The summed E-state index contributed by atoms with van der Waals surface area (Å²) in [5, 5.41) is 5.53. The van der Waals surface area contributed by atoms with Crippen LogP contribution in [0.1, 0.15) is 37.8 Å². The van der Waals surface area contributed by atoms with Gasteiger partial charge in [0, 0.05) is 12.2 Å². The largest absolute Gasteiger partial charge is 0.416 e. The lowest BCUT2D eigenvalue weighted by molar-refractivity contribution is -0.138. The molecule has 0 spiro atoms. The summed E-state index contributed by atoms with van der Waals surface area (Å²) < 4.78 is 38.5. The Kier molecular flexibility index (Phi) is 6.05. The number of nitrogens with one attached hydrogen (secondary N) is 2. The second-order valence-electron chi connectivity index (χ2n) is 5.04. The van der Waals surface area contributed by atoms with Gasteiger partial charge in [-0.15, -0.1) is 0 Å². The molecule has 0 bridgehead atoms. The first-order valence-corrected chi connectivity index (χ1v) is 6.97. The molecule has 0 saturated heterocycles. The molecule has 118 valence electrons. The lowest BCUT2D eigenvalue weighted by Crippen LogP contribution is -2.38. The quantitative estimate of drug-likeness (QED) is 0.786. The monoisotopic (exact) mass is 302 g/mol. The first-order valence-electron chi connectivity index (χ1n) is 6.97. The normalized spacial score (nSPS) is 12.9. The van der Waals surface area contributed by atoms with Crippen LogP contribution >= 0.6 is 0 Å². The number of carbonyl (C=O) groups excluding carboxylic acids is 1. The number of aryl methyl sites for hydroxylation is 1. The van der Waals surface area contributed by atoms with Crippen LogP contribution in [0.25, 0.3) is 0 Å². The van der Waals surface area contributed by atoms with E-state index in [2.05, 4.69) is 10.6 Å². The molecule has 0 aliphatic carbocycles. The smallest absolute Gasteiger partial charge is 0.374 e. The number of unbranched alkanes of at least 4 members (excludes halogenated alkanes) is 1. The van der Waals surface area contributed by atoms with Crippen molar-refractivity contribution >= 4 is 11.6 Å². The molecule has 1 unspecified atom stereocenters. The minimum atomic E-state index is -4.39. The standard InChI is InChI=1S/C15H21F3N2O/c1-4-5-8-19-14(21)11(3)20-12-7-6-10(2)13(9-12)15(16,17)18/h6-7,9,11,20H,4-5,8H2,1-3H3,(H,19,21). The number of hydrogen-bond acceptors (Lipinski definition) is 2. The fourth-order valence-corrected chi connectivity index (χ4v) is 1.87. The summed E-state index contributed by atoms with van der Waals surface area (Å²) in [5.41, 5.74) is -0.245. The lowest BCUT2D eigenvalue weighted by atomic mass is 10.1. The zero-order valence-electron chi connectivity index (χ0n) is 12.5.